The van der Waals surface area contributed by atoms with Crippen molar-refractivity contribution >= 4 is 27.6 Å². The van der Waals surface area contributed by atoms with Gasteiger partial charge in [-0.2, -0.15) is 4.37 Å². The number of fused-ring (bicyclic) bond motifs is 1. The smallest absolute Gasteiger partial charge is 0.315 e. The first-order chi connectivity index (χ1) is 7.03. The largest absolute Gasteiger partial charge is 0.481 e. The minimum absolute atomic E-state index is 0.649. The van der Waals surface area contributed by atoms with Gasteiger partial charge in [-0.05, 0) is 31.4 Å². The van der Waals surface area contributed by atoms with Gasteiger partial charge in [-0.3, -0.25) is 4.79 Å². The third-order valence-electron chi connectivity index (χ3n) is 2.50. The van der Waals surface area contributed by atoms with Crippen molar-refractivity contribution in [2.45, 2.75) is 19.3 Å². The van der Waals surface area contributed by atoms with Gasteiger partial charge >= 0.3 is 5.97 Å². The van der Waals surface area contributed by atoms with E-state index < -0.39 is 11.4 Å². The topological polar surface area (TPSA) is 50.2 Å². The van der Waals surface area contributed by atoms with Gasteiger partial charge in [-0.25, -0.2) is 0 Å². The monoisotopic (exact) mass is 221 g/mol. The molecule has 78 valence electrons. The first-order valence-corrected chi connectivity index (χ1v) is 5.39. The summed E-state index contributed by atoms with van der Waals surface area (Å²) >= 11 is 1.34. The summed E-state index contributed by atoms with van der Waals surface area (Å²) in [6.45, 7) is 3.35. The molecule has 0 aliphatic rings. The van der Waals surface area contributed by atoms with Crippen molar-refractivity contribution in [3.63, 3.8) is 0 Å². The van der Waals surface area contributed by atoms with Gasteiger partial charge < -0.3 is 5.11 Å². The minimum atomic E-state index is -0.931. The Kier molecular flexibility index (Phi) is 2.23. The zero-order chi connectivity index (χ0) is 11.1. The number of aromatic nitrogens is 1. The predicted octanol–water partition coefficient (Wildman–Crippen LogP) is 2.66. The molecular formula is C11H11NO2S. The second-order valence-electron chi connectivity index (χ2n) is 3.96. The molecule has 1 heterocycles. The van der Waals surface area contributed by atoms with Crippen LogP contribution in [0.25, 0.3) is 10.1 Å². The van der Waals surface area contributed by atoms with E-state index >= 15 is 0 Å². The highest BCUT2D eigenvalue weighted by molar-refractivity contribution is 7.13. The van der Waals surface area contributed by atoms with Crippen molar-refractivity contribution < 1.29 is 9.90 Å². The maximum absolute atomic E-state index is 11.1. The van der Waals surface area contributed by atoms with Crippen LogP contribution in [0.4, 0.5) is 0 Å². The van der Waals surface area contributed by atoms with Crippen LogP contribution in [0, 0.1) is 0 Å². The van der Waals surface area contributed by atoms with E-state index in [1.54, 1.807) is 13.8 Å². The summed E-state index contributed by atoms with van der Waals surface area (Å²) in [7, 11) is 0. The number of benzene rings is 1. The lowest BCUT2D eigenvalue weighted by atomic mass is 9.87. The predicted molar refractivity (Wildman–Crippen MR) is 60.3 cm³/mol. The van der Waals surface area contributed by atoms with Crippen LogP contribution >= 0.6 is 11.5 Å². The molecule has 4 heteroatoms. The van der Waals surface area contributed by atoms with Crippen molar-refractivity contribution in [2.75, 3.05) is 0 Å². The number of aliphatic carboxylic acids is 1. The highest BCUT2D eigenvalue weighted by Gasteiger charge is 2.33. The molecule has 3 nitrogen and oxygen atoms in total. The van der Waals surface area contributed by atoms with Gasteiger partial charge in [0.1, 0.15) is 5.41 Å². The summed E-state index contributed by atoms with van der Waals surface area (Å²) < 4.78 is 5.28. The summed E-state index contributed by atoms with van der Waals surface area (Å²) in [5, 5.41) is 10.1. The van der Waals surface area contributed by atoms with E-state index in [0.717, 1.165) is 10.1 Å². The normalized spacial score (nSPS) is 11.9. The van der Waals surface area contributed by atoms with Crippen LogP contribution in [0.3, 0.4) is 0 Å². The molecule has 2 rings (SSSR count). The van der Waals surface area contributed by atoms with Crippen molar-refractivity contribution in [1.29, 1.82) is 0 Å². The second kappa shape index (κ2) is 3.31. The molecule has 15 heavy (non-hydrogen) atoms. The Hall–Kier alpha value is -1.42. The average molecular weight is 221 g/mol. The summed E-state index contributed by atoms with van der Waals surface area (Å²) in [5.41, 5.74) is -0.282. The molecule has 0 unspecified atom stereocenters. The number of rotatable bonds is 2. The van der Waals surface area contributed by atoms with Gasteiger partial charge in [0.05, 0.1) is 10.4 Å². The third-order valence-corrected chi connectivity index (χ3v) is 3.33. The zero-order valence-corrected chi connectivity index (χ0v) is 9.34. The number of carboxylic acids is 1. The summed E-state index contributed by atoms with van der Waals surface area (Å²) in [6, 6.07) is 7.70. The summed E-state index contributed by atoms with van der Waals surface area (Å²) in [4.78, 5) is 11.1. The summed E-state index contributed by atoms with van der Waals surface area (Å²) in [5.74, 6) is -0.849. The molecule has 0 spiro atoms. The third kappa shape index (κ3) is 1.51. The zero-order valence-electron chi connectivity index (χ0n) is 8.52. The minimum Gasteiger partial charge on any atom is -0.481 e. The number of nitrogens with zero attached hydrogens (tertiary/aromatic N) is 1. The fourth-order valence-electron chi connectivity index (χ4n) is 1.44. The number of carboxylic acid groups (broad SMARTS) is 1. The fraction of sp³-hybridized carbons (Fsp3) is 0.273. The molecule has 0 saturated heterocycles. The molecule has 0 amide bonds. The SMILES string of the molecule is CC(C)(C(=O)O)c1nsc2ccccc12. The van der Waals surface area contributed by atoms with Gasteiger partial charge in [0.15, 0.2) is 0 Å². The van der Waals surface area contributed by atoms with E-state index in [4.69, 9.17) is 5.11 Å². The molecule has 0 atom stereocenters. The molecule has 0 fully saturated rings. The maximum Gasteiger partial charge on any atom is 0.315 e. The Morgan fingerprint density at radius 3 is 2.73 bits per heavy atom. The van der Waals surface area contributed by atoms with Crippen LogP contribution in [-0.2, 0) is 10.2 Å². The lowest BCUT2D eigenvalue weighted by molar-refractivity contribution is -0.142. The molecule has 1 aromatic heterocycles. The standard InChI is InChI=1S/C11H11NO2S/c1-11(2,10(13)14)9-7-5-3-4-6-8(7)15-12-9/h3-6H,1-2H3,(H,13,14). The van der Waals surface area contributed by atoms with Crippen LogP contribution in [0.5, 0.6) is 0 Å². The molecule has 0 aliphatic heterocycles. The van der Waals surface area contributed by atoms with E-state index in [1.807, 2.05) is 24.3 Å². The van der Waals surface area contributed by atoms with Crippen LogP contribution in [-0.4, -0.2) is 15.4 Å². The van der Waals surface area contributed by atoms with Gasteiger partial charge in [0, 0.05) is 5.39 Å². The molecular weight excluding hydrogens is 210 g/mol. The number of carbonyl (C=O) groups is 1. The van der Waals surface area contributed by atoms with Gasteiger partial charge in [-0.1, -0.05) is 18.2 Å². The first kappa shape index (κ1) is 10.1. The van der Waals surface area contributed by atoms with Crippen LogP contribution in [0.15, 0.2) is 24.3 Å². The van der Waals surface area contributed by atoms with Crippen molar-refractivity contribution in [3.05, 3.63) is 30.0 Å². The van der Waals surface area contributed by atoms with Crippen molar-refractivity contribution in [2.24, 2.45) is 0 Å². The first-order valence-electron chi connectivity index (χ1n) is 4.62. The number of hydrogen-bond acceptors (Lipinski definition) is 3. The van der Waals surface area contributed by atoms with Crippen molar-refractivity contribution in [1.82, 2.24) is 4.37 Å². The van der Waals surface area contributed by atoms with Gasteiger partial charge in [0.2, 0.25) is 0 Å². The second-order valence-corrected chi connectivity index (χ2v) is 4.76. The Morgan fingerprint density at radius 2 is 2.07 bits per heavy atom. The molecule has 1 N–H and O–H groups in total. The lowest BCUT2D eigenvalue weighted by Crippen LogP contribution is -2.28. The highest BCUT2D eigenvalue weighted by Crippen LogP contribution is 2.31. The van der Waals surface area contributed by atoms with E-state index in [-0.39, 0.29) is 0 Å². The van der Waals surface area contributed by atoms with E-state index in [9.17, 15) is 4.79 Å². The lowest BCUT2D eigenvalue weighted by Gasteiger charge is -2.16. The maximum atomic E-state index is 11.1. The Labute approximate surface area is 91.5 Å². The van der Waals surface area contributed by atoms with Crippen LogP contribution < -0.4 is 0 Å². The fourth-order valence-corrected chi connectivity index (χ4v) is 2.36. The highest BCUT2D eigenvalue weighted by atomic mass is 32.1. The molecule has 2 aromatic rings. The Bertz CT molecular complexity index is 516. The quantitative estimate of drug-likeness (QED) is 0.848. The van der Waals surface area contributed by atoms with E-state index in [1.165, 1.54) is 11.5 Å². The van der Waals surface area contributed by atoms with Gasteiger partial charge in [0.25, 0.3) is 0 Å². The van der Waals surface area contributed by atoms with Crippen LogP contribution in [0.2, 0.25) is 0 Å². The van der Waals surface area contributed by atoms with Gasteiger partial charge in [-0.15, -0.1) is 0 Å². The molecule has 0 aliphatic carbocycles. The van der Waals surface area contributed by atoms with Crippen LogP contribution in [0.1, 0.15) is 19.5 Å². The Balaban J connectivity index is 2.67. The van der Waals surface area contributed by atoms with Crippen molar-refractivity contribution in [3.8, 4) is 0 Å². The van der Waals surface area contributed by atoms with E-state index in [2.05, 4.69) is 4.37 Å². The van der Waals surface area contributed by atoms with E-state index in [0.29, 0.717) is 5.69 Å². The molecule has 0 bridgehead atoms. The Morgan fingerprint density at radius 1 is 1.40 bits per heavy atom. The molecule has 1 aromatic carbocycles. The number of hydrogen-bond donors (Lipinski definition) is 1. The summed E-state index contributed by atoms with van der Waals surface area (Å²) in [6.07, 6.45) is 0. The molecule has 0 saturated carbocycles. The average Bonchev–Trinajstić information content (AvgIpc) is 2.61. The molecule has 0 radical (unpaired) electrons.